The third-order valence-electron chi connectivity index (χ3n) is 7.84. The molecule has 2 aliphatic heterocycles. The van der Waals surface area contributed by atoms with E-state index >= 15 is 0 Å². The molecular weight excluding hydrogens is 554 g/mol. The van der Waals surface area contributed by atoms with Gasteiger partial charge in [-0.25, -0.2) is 0 Å². The van der Waals surface area contributed by atoms with Gasteiger partial charge in [-0.05, 0) is 58.4 Å². The molecule has 0 aliphatic carbocycles. The zero-order chi connectivity index (χ0) is 28.5. The summed E-state index contributed by atoms with van der Waals surface area (Å²) in [5, 5.41) is 0. The molecule has 0 atom stereocenters. The molecule has 0 radical (unpaired) electrons. The molecule has 2 aliphatic rings. The highest BCUT2D eigenvalue weighted by molar-refractivity contribution is 7.53. The quantitative estimate of drug-likeness (QED) is 0.210. The Morgan fingerprint density at radius 1 is 0.537 bits per heavy atom. The van der Waals surface area contributed by atoms with Crippen LogP contribution in [0, 0.1) is 19.3 Å². The molecule has 41 heavy (non-hydrogen) atoms. The number of rotatable bonds is 6. The molecule has 2 fully saturated rings. The van der Waals surface area contributed by atoms with E-state index in [-0.39, 0.29) is 38.8 Å². The van der Waals surface area contributed by atoms with Crippen molar-refractivity contribution in [1.29, 1.82) is 0 Å². The first-order chi connectivity index (χ1) is 19.8. The minimum atomic E-state index is -3.41. The lowest BCUT2D eigenvalue weighted by molar-refractivity contribution is -0.0690. The molecule has 4 aromatic carbocycles. The Hall–Kier alpha value is -2.82. The Balaban J connectivity index is 1.13. The van der Waals surface area contributed by atoms with Crippen LogP contribution in [0.3, 0.4) is 0 Å². The van der Waals surface area contributed by atoms with Gasteiger partial charge in [0.1, 0.15) is 0 Å². The summed E-state index contributed by atoms with van der Waals surface area (Å²) in [5.41, 5.74) is 7.60. The van der Waals surface area contributed by atoms with Crippen molar-refractivity contribution in [3.63, 3.8) is 0 Å². The van der Waals surface area contributed by atoms with Crippen molar-refractivity contribution in [3.05, 3.63) is 119 Å². The molecule has 0 N–H and O–H groups in total. The maximum absolute atomic E-state index is 13.7. The van der Waals surface area contributed by atoms with Gasteiger partial charge in [-0.3, -0.25) is 9.13 Å². The Kier molecular flexibility index (Phi) is 7.91. The van der Waals surface area contributed by atoms with Crippen molar-refractivity contribution in [1.82, 2.24) is 0 Å². The zero-order valence-electron chi connectivity index (χ0n) is 23.3. The summed E-state index contributed by atoms with van der Waals surface area (Å²) in [6.07, 6.45) is 0.343. The highest BCUT2D eigenvalue weighted by atomic mass is 31.2. The van der Waals surface area contributed by atoms with Crippen LogP contribution in [0.5, 0.6) is 0 Å². The van der Waals surface area contributed by atoms with Gasteiger partial charge in [-0.15, -0.1) is 0 Å². The molecule has 2 heterocycles. The lowest BCUT2D eigenvalue weighted by Gasteiger charge is -2.43. The van der Waals surface area contributed by atoms with E-state index in [9.17, 15) is 9.13 Å². The first-order valence-corrected chi connectivity index (χ1v) is 17.3. The van der Waals surface area contributed by atoms with Crippen molar-refractivity contribution in [2.75, 3.05) is 26.4 Å². The van der Waals surface area contributed by atoms with E-state index in [0.29, 0.717) is 0 Å². The number of hydrogen-bond acceptors (Lipinski definition) is 6. The molecule has 6 rings (SSSR count). The van der Waals surface area contributed by atoms with E-state index in [0.717, 1.165) is 44.5 Å². The summed E-state index contributed by atoms with van der Waals surface area (Å²) in [6.45, 7) is 4.70. The minimum Gasteiger partial charge on any atom is -0.307 e. The van der Waals surface area contributed by atoms with Gasteiger partial charge in [0.2, 0.25) is 0 Å². The monoisotopic (exact) mass is 588 g/mol. The van der Waals surface area contributed by atoms with Crippen LogP contribution in [0.15, 0.2) is 97.1 Å². The van der Waals surface area contributed by atoms with Gasteiger partial charge < -0.3 is 18.1 Å². The Labute approximate surface area is 241 Å². The molecule has 0 unspecified atom stereocenters. The fourth-order valence-electron chi connectivity index (χ4n) is 5.62. The molecular formula is C33H34O6P2. The molecule has 212 valence electrons. The lowest BCUT2D eigenvalue weighted by Crippen LogP contribution is -2.45. The van der Waals surface area contributed by atoms with Crippen molar-refractivity contribution < 1.29 is 27.2 Å². The summed E-state index contributed by atoms with van der Waals surface area (Å²) in [5.74, 6) is 0. The van der Waals surface area contributed by atoms with Gasteiger partial charge in [-0.1, -0.05) is 97.1 Å². The van der Waals surface area contributed by atoms with Gasteiger partial charge in [0.25, 0.3) is 0 Å². The zero-order valence-corrected chi connectivity index (χ0v) is 25.1. The van der Waals surface area contributed by atoms with Crippen LogP contribution in [0.1, 0.15) is 22.3 Å². The highest BCUT2D eigenvalue weighted by Gasteiger charge is 2.48. The molecule has 0 aromatic heterocycles. The van der Waals surface area contributed by atoms with Gasteiger partial charge in [0, 0.05) is 0 Å². The number of aryl methyl sites for hydroxylation is 2. The van der Waals surface area contributed by atoms with Crippen LogP contribution in [0.25, 0.3) is 22.3 Å². The first kappa shape index (κ1) is 28.3. The second kappa shape index (κ2) is 11.5. The number of hydrogen-bond donors (Lipinski definition) is 0. The molecule has 1 spiro atoms. The highest BCUT2D eigenvalue weighted by Crippen LogP contribution is 2.62. The second-order valence-electron chi connectivity index (χ2n) is 11.1. The first-order valence-electron chi connectivity index (χ1n) is 13.8. The van der Waals surface area contributed by atoms with E-state index < -0.39 is 20.6 Å². The van der Waals surface area contributed by atoms with Gasteiger partial charge >= 0.3 is 15.2 Å². The van der Waals surface area contributed by atoms with Crippen LogP contribution >= 0.6 is 15.2 Å². The third kappa shape index (κ3) is 6.05. The Morgan fingerprint density at radius 2 is 0.902 bits per heavy atom. The largest absolute Gasteiger partial charge is 0.335 e. The molecule has 2 saturated heterocycles. The van der Waals surface area contributed by atoms with Crippen molar-refractivity contribution in [2.45, 2.75) is 26.2 Å². The standard InChI is InChI=1S/C33H34O6P2/c1-25-11-9-17-29(31(25)27-13-5-3-6-14-27)19-40(34)36-21-33(22-37-40)23-38-41(35,39-24-33)20-30-18-10-12-26(2)32(30)28-15-7-4-8-16-28/h3-18H,19-24H2,1-2H3. The fraction of sp³-hybridized carbons (Fsp3) is 0.273. The van der Waals surface area contributed by atoms with Crippen LogP contribution < -0.4 is 0 Å². The average molecular weight is 589 g/mol. The maximum Gasteiger partial charge on any atom is 0.335 e. The molecule has 6 nitrogen and oxygen atoms in total. The van der Waals surface area contributed by atoms with Gasteiger partial charge in [0.15, 0.2) is 0 Å². The van der Waals surface area contributed by atoms with Gasteiger partial charge in [0.05, 0.1) is 44.2 Å². The molecule has 4 aromatic rings. The van der Waals surface area contributed by atoms with Crippen molar-refractivity contribution >= 4 is 15.2 Å². The van der Waals surface area contributed by atoms with Gasteiger partial charge in [-0.2, -0.15) is 0 Å². The smallest absolute Gasteiger partial charge is 0.307 e. The summed E-state index contributed by atoms with van der Waals surface area (Å²) in [4.78, 5) is 0. The predicted molar refractivity (Wildman–Crippen MR) is 162 cm³/mol. The lowest BCUT2D eigenvalue weighted by atomic mass is 9.93. The summed E-state index contributed by atoms with van der Waals surface area (Å²) >= 11 is 0. The Morgan fingerprint density at radius 3 is 1.27 bits per heavy atom. The van der Waals surface area contributed by atoms with Crippen LogP contribution in [-0.4, -0.2) is 26.4 Å². The fourth-order valence-corrected chi connectivity index (χ4v) is 9.38. The maximum atomic E-state index is 13.7. The topological polar surface area (TPSA) is 71.1 Å². The van der Waals surface area contributed by atoms with Crippen molar-refractivity contribution in [3.8, 4) is 22.3 Å². The molecule has 0 bridgehead atoms. The van der Waals surface area contributed by atoms with E-state index in [1.54, 1.807) is 0 Å². The third-order valence-corrected chi connectivity index (χ3v) is 11.4. The number of benzene rings is 4. The summed E-state index contributed by atoms with van der Waals surface area (Å²) in [6, 6.07) is 32.1. The van der Waals surface area contributed by atoms with Crippen LogP contribution in [0.2, 0.25) is 0 Å². The Bertz CT molecular complexity index is 1490. The summed E-state index contributed by atoms with van der Waals surface area (Å²) in [7, 11) is -6.82. The molecule has 8 heteroatoms. The molecule has 0 saturated carbocycles. The average Bonchev–Trinajstić information content (AvgIpc) is 2.98. The van der Waals surface area contributed by atoms with E-state index in [1.165, 1.54) is 0 Å². The predicted octanol–water partition coefficient (Wildman–Crippen LogP) is 8.80. The van der Waals surface area contributed by atoms with E-state index in [2.05, 4.69) is 0 Å². The minimum absolute atomic E-state index is 0.149. The second-order valence-corrected chi connectivity index (χ2v) is 15.2. The van der Waals surface area contributed by atoms with Crippen molar-refractivity contribution in [2.24, 2.45) is 5.41 Å². The SMILES string of the molecule is Cc1cccc(CP2(=O)OCC3(CO2)COP(=O)(Cc2cccc(C)c2-c2ccccc2)OC3)c1-c1ccccc1. The van der Waals surface area contributed by atoms with Crippen LogP contribution in [-0.2, 0) is 39.5 Å². The van der Waals surface area contributed by atoms with E-state index in [4.69, 9.17) is 18.1 Å². The van der Waals surface area contributed by atoms with Crippen LogP contribution in [0.4, 0.5) is 0 Å². The summed E-state index contributed by atoms with van der Waals surface area (Å²) < 4.78 is 51.3. The molecule has 0 amide bonds. The van der Waals surface area contributed by atoms with E-state index in [1.807, 2.05) is 111 Å². The normalized spacial score (nSPS) is 26.2.